The lowest BCUT2D eigenvalue weighted by molar-refractivity contribution is -0.137. The first-order chi connectivity index (χ1) is 8.15. The molecule has 0 unspecified atom stereocenters. The van der Waals surface area contributed by atoms with Crippen molar-refractivity contribution in [1.29, 1.82) is 0 Å². The van der Waals surface area contributed by atoms with Crippen molar-refractivity contribution in [2.24, 2.45) is 0 Å². The minimum absolute atomic E-state index is 0.150. The topological polar surface area (TPSA) is 53.7 Å². The van der Waals surface area contributed by atoms with E-state index in [0.717, 1.165) is 16.7 Å². The molecular formula is C13H15NO3. The van der Waals surface area contributed by atoms with Crippen molar-refractivity contribution in [1.82, 2.24) is 4.90 Å². The van der Waals surface area contributed by atoms with Crippen molar-refractivity contribution in [3.63, 3.8) is 0 Å². The van der Waals surface area contributed by atoms with Crippen LogP contribution < -0.4 is 0 Å². The van der Waals surface area contributed by atoms with Gasteiger partial charge < -0.3 is 9.52 Å². The van der Waals surface area contributed by atoms with Crippen LogP contribution in [0.15, 0.2) is 34.7 Å². The first kappa shape index (κ1) is 11.7. The van der Waals surface area contributed by atoms with Crippen LogP contribution in [-0.2, 0) is 11.3 Å². The maximum absolute atomic E-state index is 10.4. The van der Waals surface area contributed by atoms with E-state index in [-0.39, 0.29) is 6.42 Å². The zero-order valence-corrected chi connectivity index (χ0v) is 9.72. The third-order valence-electron chi connectivity index (χ3n) is 2.61. The minimum atomic E-state index is -0.776. The largest absolute Gasteiger partial charge is 0.481 e. The van der Waals surface area contributed by atoms with Crippen molar-refractivity contribution >= 4 is 16.9 Å². The van der Waals surface area contributed by atoms with Crippen LogP contribution in [0.4, 0.5) is 0 Å². The maximum Gasteiger partial charge on any atom is 0.304 e. The predicted octanol–water partition coefficient (Wildman–Crippen LogP) is 2.34. The Morgan fingerprint density at radius 1 is 1.41 bits per heavy atom. The van der Waals surface area contributed by atoms with Crippen LogP contribution in [0, 0.1) is 0 Å². The van der Waals surface area contributed by atoms with Crippen molar-refractivity contribution in [2.75, 3.05) is 13.6 Å². The average molecular weight is 233 g/mol. The summed E-state index contributed by atoms with van der Waals surface area (Å²) < 4.78 is 5.66. The number of hydrogen-bond donors (Lipinski definition) is 1. The molecule has 0 aliphatic heterocycles. The lowest BCUT2D eigenvalue weighted by Gasteiger charge is -2.12. The molecule has 17 heavy (non-hydrogen) atoms. The highest BCUT2D eigenvalue weighted by Gasteiger charge is 2.07. The summed E-state index contributed by atoms with van der Waals surface area (Å²) in [6.45, 7) is 1.15. The summed E-state index contributed by atoms with van der Waals surface area (Å²) in [4.78, 5) is 12.4. The van der Waals surface area contributed by atoms with Crippen LogP contribution in [-0.4, -0.2) is 29.6 Å². The third kappa shape index (κ3) is 3.07. The molecule has 0 fully saturated rings. The smallest absolute Gasteiger partial charge is 0.304 e. The molecule has 0 atom stereocenters. The van der Waals surface area contributed by atoms with E-state index < -0.39 is 5.97 Å². The normalized spacial score (nSPS) is 11.2. The molecule has 1 aromatic heterocycles. The van der Waals surface area contributed by atoms with Crippen molar-refractivity contribution in [3.8, 4) is 0 Å². The fourth-order valence-electron chi connectivity index (χ4n) is 1.75. The number of hydrogen-bond acceptors (Lipinski definition) is 3. The van der Waals surface area contributed by atoms with Crippen LogP contribution in [0.5, 0.6) is 0 Å². The zero-order chi connectivity index (χ0) is 12.3. The number of para-hydroxylation sites is 1. The van der Waals surface area contributed by atoms with E-state index >= 15 is 0 Å². The molecule has 0 saturated heterocycles. The van der Waals surface area contributed by atoms with Gasteiger partial charge >= 0.3 is 5.97 Å². The number of carbonyl (C=O) groups is 1. The Balaban J connectivity index is 2.00. The molecule has 0 radical (unpaired) electrons. The van der Waals surface area contributed by atoms with Gasteiger partial charge in [-0.25, -0.2) is 0 Å². The van der Waals surface area contributed by atoms with E-state index in [0.29, 0.717) is 13.1 Å². The van der Waals surface area contributed by atoms with Gasteiger partial charge in [0.15, 0.2) is 0 Å². The molecule has 0 spiro atoms. The molecule has 0 aliphatic carbocycles. The average Bonchev–Trinajstić information content (AvgIpc) is 2.68. The number of rotatable bonds is 5. The summed E-state index contributed by atoms with van der Waals surface area (Å²) >= 11 is 0. The second kappa shape index (κ2) is 5.01. The lowest BCUT2D eigenvalue weighted by Crippen LogP contribution is -2.20. The summed E-state index contributed by atoms with van der Waals surface area (Å²) in [5.41, 5.74) is 0.870. The summed E-state index contributed by atoms with van der Waals surface area (Å²) in [6.07, 6.45) is 0.150. The van der Waals surface area contributed by atoms with Crippen LogP contribution in [0.2, 0.25) is 0 Å². The minimum Gasteiger partial charge on any atom is -0.481 e. The van der Waals surface area contributed by atoms with Crippen molar-refractivity contribution < 1.29 is 14.3 Å². The number of carboxylic acids is 1. The van der Waals surface area contributed by atoms with E-state index in [9.17, 15) is 4.79 Å². The second-order valence-corrected chi connectivity index (χ2v) is 4.13. The van der Waals surface area contributed by atoms with Gasteiger partial charge in [0.2, 0.25) is 0 Å². The SMILES string of the molecule is CN(CCC(=O)O)Cc1cc2ccccc2o1. The monoisotopic (exact) mass is 233 g/mol. The molecule has 0 bridgehead atoms. The van der Waals surface area contributed by atoms with E-state index in [4.69, 9.17) is 9.52 Å². The molecule has 1 aromatic carbocycles. The van der Waals surface area contributed by atoms with Gasteiger partial charge in [0.25, 0.3) is 0 Å². The molecule has 4 nitrogen and oxygen atoms in total. The summed E-state index contributed by atoms with van der Waals surface area (Å²) in [7, 11) is 1.89. The van der Waals surface area contributed by atoms with Gasteiger partial charge in [-0.05, 0) is 19.2 Å². The Kier molecular flexibility index (Phi) is 3.44. The van der Waals surface area contributed by atoms with E-state index in [1.165, 1.54) is 0 Å². The zero-order valence-electron chi connectivity index (χ0n) is 9.72. The van der Waals surface area contributed by atoms with Crippen molar-refractivity contribution in [2.45, 2.75) is 13.0 Å². The molecule has 4 heteroatoms. The van der Waals surface area contributed by atoms with Gasteiger partial charge in [0.1, 0.15) is 11.3 Å². The highest BCUT2D eigenvalue weighted by atomic mass is 16.4. The first-order valence-electron chi connectivity index (χ1n) is 5.53. The maximum atomic E-state index is 10.4. The fraction of sp³-hybridized carbons (Fsp3) is 0.308. The molecule has 90 valence electrons. The van der Waals surface area contributed by atoms with Gasteiger partial charge in [-0.15, -0.1) is 0 Å². The number of fused-ring (bicyclic) bond motifs is 1. The third-order valence-corrected chi connectivity index (χ3v) is 2.61. The first-order valence-corrected chi connectivity index (χ1v) is 5.53. The molecule has 1 heterocycles. The van der Waals surface area contributed by atoms with Gasteiger partial charge in [0, 0.05) is 11.9 Å². The molecular weight excluding hydrogens is 218 g/mol. The molecule has 0 amide bonds. The molecule has 0 aliphatic rings. The Hall–Kier alpha value is -1.81. The van der Waals surface area contributed by atoms with E-state index in [1.807, 2.05) is 42.3 Å². The van der Waals surface area contributed by atoms with Crippen LogP contribution in [0.25, 0.3) is 11.0 Å². The Morgan fingerprint density at radius 2 is 2.18 bits per heavy atom. The van der Waals surface area contributed by atoms with E-state index in [2.05, 4.69) is 0 Å². The van der Waals surface area contributed by atoms with Crippen LogP contribution in [0.3, 0.4) is 0 Å². The Bertz CT molecular complexity index is 485. The highest BCUT2D eigenvalue weighted by Crippen LogP contribution is 2.19. The summed E-state index contributed by atoms with van der Waals surface area (Å²) in [6, 6.07) is 9.82. The highest BCUT2D eigenvalue weighted by molar-refractivity contribution is 5.77. The number of aliphatic carboxylic acids is 1. The molecule has 0 saturated carbocycles. The second-order valence-electron chi connectivity index (χ2n) is 4.13. The van der Waals surface area contributed by atoms with E-state index in [1.54, 1.807) is 0 Å². The predicted molar refractivity (Wildman–Crippen MR) is 64.8 cm³/mol. The summed E-state index contributed by atoms with van der Waals surface area (Å²) in [5.74, 6) is 0.0838. The number of furan rings is 1. The Labute approximate surface area is 99.4 Å². The van der Waals surface area contributed by atoms with Gasteiger partial charge in [-0.2, -0.15) is 0 Å². The van der Waals surface area contributed by atoms with Crippen LogP contribution >= 0.6 is 0 Å². The van der Waals surface area contributed by atoms with Gasteiger partial charge in [0.05, 0.1) is 13.0 Å². The number of nitrogens with zero attached hydrogens (tertiary/aromatic N) is 1. The lowest BCUT2D eigenvalue weighted by atomic mass is 10.2. The molecule has 1 N–H and O–H groups in total. The Morgan fingerprint density at radius 3 is 2.88 bits per heavy atom. The number of carboxylic acid groups (broad SMARTS) is 1. The fourth-order valence-corrected chi connectivity index (χ4v) is 1.75. The molecule has 2 rings (SSSR count). The van der Waals surface area contributed by atoms with Gasteiger partial charge in [-0.1, -0.05) is 18.2 Å². The van der Waals surface area contributed by atoms with Crippen LogP contribution in [0.1, 0.15) is 12.2 Å². The number of benzene rings is 1. The standard InChI is InChI=1S/C13H15NO3/c1-14(7-6-13(15)16)9-11-8-10-4-2-3-5-12(10)17-11/h2-5,8H,6-7,9H2,1H3,(H,15,16). The van der Waals surface area contributed by atoms with Gasteiger partial charge in [-0.3, -0.25) is 9.69 Å². The molecule has 2 aromatic rings. The van der Waals surface area contributed by atoms with Crippen molar-refractivity contribution in [3.05, 3.63) is 36.1 Å². The quantitative estimate of drug-likeness (QED) is 0.861. The summed E-state index contributed by atoms with van der Waals surface area (Å²) in [5, 5.41) is 9.67.